The Hall–Kier alpha value is -1.35. The monoisotopic (exact) mass is 461 g/mol. The molecule has 7 nitrogen and oxygen atoms in total. The minimum absolute atomic E-state index is 0.608. The molecule has 0 aliphatic heterocycles. The van der Waals surface area contributed by atoms with Crippen molar-refractivity contribution in [3.8, 4) is 0 Å². The molecule has 0 N–H and O–H groups in total. The number of unbranched alkanes of at least 4 members (excludes halogenated alkanes) is 1. The molecule has 1 heterocycles. The van der Waals surface area contributed by atoms with E-state index >= 15 is 0 Å². The molecule has 1 rings (SSSR count). The number of hydrogen-bond acceptors (Lipinski definition) is 4. The number of sulfonamides is 2. The maximum Gasteiger partial charge on any atom is 0.480 e. The summed E-state index contributed by atoms with van der Waals surface area (Å²) < 4.78 is 114. The van der Waals surface area contributed by atoms with E-state index in [1.807, 2.05) is 0 Å². The zero-order chi connectivity index (χ0) is 22.6. The number of aryl methyl sites for hydroxylation is 2. The van der Waals surface area contributed by atoms with Gasteiger partial charge in [-0.3, -0.25) is 0 Å². The van der Waals surface area contributed by atoms with E-state index in [1.165, 1.54) is 18.7 Å². The summed E-state index contributed by atoms with van der Waals surface area (Å²) in [5.74, 6) is 2.03. The topological polar surface area (TPSA) is 91.2 Å². The lowest BCUT2D eigenvalue weighted by Gasteiger charge is -2.22. The summed E-state index contributed by atoms with van der Waals surface area (Å²) >= 11 is 0. The molecule has 15 heteroatoms. The van der Waals surface area contributed by atoms with Crippen molar-refractivity contribution in [2.24, 2.45) is 7.05 Å². The Morgan fingerprint density at radius 1 is 1.04 bits per heavy atom. The van der Waals surface area contributed by atoms with Crippen molar-refractivity contribution in [2.45, 2.75) is 57.1 Å². The first-order valence-electron chi connectivity index (χ1n) is 7.78. The molecule has 0 saturated carbocycles. The predicted octanol–water partition coefficient (Wildman–Crippen LogP) is 3.30. The van der Waals surface area contributed by atoms with E-state index in [4.69, 9.17) is 0 Å². The minimum atomic E-state index is -6.72. The van der Waals surface area contributed by atoms with Crippen molar-refractivity contribution in [1.82, 2.24) is 4.57 Å². The van der Waals surface area contributed by atoms with Crippen molar-refractivity contribution in [2.75, 3.05) is 0 Å². The summed E-state index contributed by atoms with van der Waals surface area (Å²) in [7, 11) is -11.3. The fourth-order valence-corrected chi connectivity index (χ4v) is 3.72. The van der Waals surface area contributed by atoms with E-state index < -0.39 is 31.1 Å². The molecule has 0 aliphatic rings. The van der Waals surface area contributed by atoms with E-state index in [0.29, 0.717) is 5.92 Å². The van der Waals surface area contributed by atoms with Gasteiger partial charge in [0.1, 0.15) is 12.4 Å². The molecular formula is C13H21F6N3O4S2. The summed E-state index contributed by atoms with van der Waals surface area (Å²) in [6.07, 6.45) is 6.86. The number of rotatable bonds is 6. The lowest BCUT2D eigenvalue weighted by Crippen LogP contribution is -2.33. The van der Waals surface area contributed by atoms with E-state index in [9.17, 15) is 43.2 Å². The predicted molar refractivity (Wildman–Crippen MR) is 87.9 cm³/mol. The Morgan fingerprint density at radius 2 is 1.46 bits per heavy atom. The van der Waals surface area contributed by atoms with E-state index in [-0.39, 0.29) is 0 Å². The molecule has 166 valence electrons. The van der Waals surface area contributed by atoms with Gasteiger partial charge < -0.3 is 4.13 Å². The highest BCUT2D eigenvalue weighted by atomic mass is 32.3. The van der Waals surface area contributed by atoms with Crippen molar-refractivity contribution in [3.05, 3.63) is 22.3 Å². The van der Waals surface area contributed by atoms with Gasteiger partial charge >= 0.3 is 11.0 Å². The second kappa shape index (κ2) is 9.43. The molecule has 0 amide bonds. The molecule has 0 aliphatic carbocycles. The maximum absolute atomic E-state index is 11.4. The van der Waals surface area contributed by atoms with E-state index in [0.717, 1.165) is 10.7 Å². The zero-order valence-electron chi connectivity index (χ0n) is 15.4. The standard InChI is InChI=1S/C11H21N2.C2F6NO4S2/c1-5-6-7-13-9-8-12(4)11(13)10(2)3;3-1(4,5)14(10,11)9-15(12,13)2(6,7)8/h8-10H,5-7H2,1-4H3;/q+1;-1. The van der Waals surface area contributed by atoms with Crippen LogP contribution in [0.15, 0.2) is 12.4 Å². The van der Waals surface area contributed by atoms with Crippen LogP contribution < -0.4 is 4.57 Å². The van der Waals surface area contributed by atoms with E-state index in [2.05, 4.69) is 49.3 Å². The fourth-order valence-electron chi connectivity index (χ4n) is 2.01. The molecule has 0 spiro atoms. The molecule has 0 unspecified atom stereocenters. The number of hydrogen-bond donors (Lipinski definition) is 0. The van der Waals surface area contributed by atoms with Gasteiger partial charge in [-0.15, -0.1) is 0 Å². The van der Waals surface area contributed by atoms with Gasteiger partial charge in [0.25, 0.3) is 5.82 Å². The van der Waals surface area contributed by atoms with Crippen LogP contribution in [0.25, 0.3) is 4.13 Å². The third kappa shape index (κ3) is 7.24. The zero-order valence-corrected chi connectivity index (χ0v) is 17.0. The summed E-state index contributed by atoms with van der Waals surface area (Å²) in [4.78, 5) is 0. The van der Waals surface area contributed by atoms with Crippen LogP contribution >= 0.6 is 0 Å². The van der Waals surface area contributed by atoms with Crippen molar-refractivity contribution in [3.63, 3.8) is 0 Å². The number of aromatic nitrogens is 2. The Kier molecular flexibility index (Phi) is 8.98. The first-order chi connectivity index (χ1) is 12.4. The maximum atomic E-state index is 11.4. The summed E-state index contributed by atoms with van der Waals surface area (Å²) in [5, 5.41) is 0. The quantitative estimate of drug-likeness (QED) is 0.480. The van der Waals surface area contributed by atoms with E-state index in [1.54, 1.807) is 0 Å². The van der Waals surface area contributed by atoms with Crippen LogP contribution in [0, 0.1) is 0 Å². The van der Waals surface area contributed by atoms with Crippen LogP contribution in [0.4, 0.5) is 26.3 Å². The van der Waals surface area contributed by atoms with Gasteiger partial charge in [0.2, 0.25) is 0 Å². The highest BCUT2D eigenvalue weighted by molar-refractivity contribution is 8.13. The largest absolute Gasteiger partial charge is 0.480 e. The SMILES string of the molecule is CCCCn1cc[n+](C)c1C(C)C.O=S(=O)([N-]S(=O)(=O)C(F)(F)F)C(F)(F)F. The smallest absolute Gasteiger partial charge is 0.421 e. The van der Waals surface area contributed by atoms with Gasteiger partial charge in [-0.2, -0.15) is 26.3 Å². The summed E-state index contributed by atoms with van der Waals surface area (Å²) in [6, 6.07) is 0. The normalized spacial score (nSPS) is 13.4. The first kappa shape index (κ1) is 26.6. The molecular weight excluding hydrogens is 440 g/mol. The molecule has 0 aromatic carbocycles. The number of alkyl halides is 6. The molecule has 0 atom stereocenters. The highest BCUT2D eigenvalue weighted by Gasteiger charge is 2.46. The second-order valence-corrected chi connectivity index (χ2v) is 9.31. The molecule has 28 heavy (non-hydrogen) atoms. The van der Waals surface area contributed by atoms with Crippen molar-refractivity contribution in [1.29, 1.82) is 0 Å². The lowest BCUT2D eigenvalue weighted by atomic mass is 10.2. The number of imidazole rings is 1. The van der Waals surface area contributed by atoms with Crippen LogP contribution in [0.1, 0.15) is 45.4 Å². The average Bonchev–Trinajstić information content (AvgIpc) is 2.83. The fraction of sp³-hybridized carbons (Fsp3) is 0.769. The number of halogens is 6. The molecule has 0 fully saturated rings. The Balaban J connectivity index is 0.000000525. The Bertz CT molecular complexity index is 801. The lowest BCUT2D eigenvalue weighted by molar-refractivity contribution is -0.680. The molecule has 1 aromatic heterocycles. The average molecular weight is 461 g/mol. The van der Waals surface area contributed by atoms with Gasteiger partial charge in [0.05, 0.1) is 19.5 Å². The summed E-state index contributed by atoms with van der Waals surface area (Å²) in [6.45, 7) is 7.89. The Labute approximate surface area is 159 Å². The molecule has 0 radical (unpaired) electrons. The van der Waals surface area contributed by atoms with Gasteiger partial charge in [-0.25, -0.2) is 26.0 Å². The molecule has 0 bridgehead atoms. The molecule has 1 aromatic rings. The third-order valence-corrected chi connectivity index (χ3v) is 5.92. The highest BCUT2D eigenvalue weighted by Crippen LogP contribution is 2.36. The van der Waals surface area contributed by atoms with Crippen LogP contribution in [0.3, 0.4) is 0 Å². The van der Waals surface area contributed by atoms with Crippen molar-refractivity contribution >= 4 is 20.0 Å². The molecule has 0 saturated heterocycles. The third-order valence-electron chi connectivity index (χ3n) is 3.18. The minimum Gasteiger partial charge on any atom is -0.421 e. The van der Waals surface area contributed by atoms with Gasteiger partial charge in [-0.05, 0) is 6.42 Å². The van der Waals surface area contributed by atoms with Crippen LogP contribution in [-0.2, 0) is 33.6 Å². The van der Waals surface area contributed by atoms with Crippen LogP contribution in [0.2, 0.25) is 0 Å². The Morgan fingerprint density at radius 3 is 1.79 bits per heavy atom. The van der Waals surface area contributed by atoms with Gasteiger partial charge in [0, 0.05) is 0 Å². The van der Waals surface area contributed by atoms with Gasteiger partial charge in [0.15, 0.2) is 20.0 Å². The first-order valence-corrected chi connectivity index (χ1v) is 10.7. The second-order valence-electron chi connectivity index (χ2n) is 5.89. The summed E-state index contributed by atoms with van der Waals surface area (Å²) in [5.41, 5.74) is -12.4. The van der Waals surface area contributed by atoms with Crippen molar-refractivity contribution < 1.29 is 47.7 Å². The number of nitrogens with zero attached hydrogens (tertiary/aromatic N) is 3. The van der Waals surface area contributed by atoms with Gasteiger partial charge in [-0.1, -0.05) is 27.2 Å². The van der Waals surface area contributed by atoms with Crippen LogP contribution in [-0.4, -0.2) is 32.4 Å². The van der Waals surface area contributed by atoms with Crippen LogP contribution in [0.5, 0.6) is 0 Å².